The number of urea groups is 1. The van der Waals surface area contributed by atoms with E-state index in [4.69, 9.17) is 10.5 Å². The first kappa shape index (κ1) is 25.0. The minimum atomic E-state index is -0.335. The van der Waals surface area contributed by atoms with Gasteiger partial charge >= 0.3 is 6.03 Å². The highest BCUT2D eigenvalue weighted by atomic mass is 32.1. The van der Waals surface area contributed by atoms with Crippen LogP contribution in [0.3, 0.4) is 0 Å². The zero-order valence-corrected chi connectivity index (χ0v) is 20.4. The predicted octanol–water partition coefficient (Wildman–Crippen LogP) is 3.26. The summed E-state index contributed by atoms with van der Waals surface area (Å²) in [4.78, 5) is 33.4. The highest BCUT2D eigenvalue weighted by Gasteiger charge is 2.16. The molecular formula is C24H30N6O3S. The lowest BCUT2D eigenvalue weighted by molar-refractivity contribution is 0.102. The minimum Gasteiger partial charge on any atom is -0.497 e. The number of aromatic nitrogens is 1. The number of likely N-dealkylation sites (N-methyl/N-ethyl adjacent to an activating group) is 1. The number of thiophene rings is 1. The quantitative estimate of drug-likeness (QED) is 0.409. The van der Waals surface area contributed by atoms with Crippen LogP contribution in [0, 0.1) is 0 Å². The third-order valence-electron chi connectivity index (χ3n) is 5.08. The van der Waals surface area contributed by atoms with Crippen molar-refractivity contribution in [3.05, 3.63) is 70.2 Å². The number of carbonyl (C=O) groups is 2. The number of hydrogen-bond donors (Lipinski definition) is 3. The first-order valence-corrected chi connectivity index (χ1v) is 11.7. The number of nitrogen functional groups attached to an aromatic ring is 1. The summed E-state index contributed by atoms with van der Waals surface area (Å²) in [6, 6.07) is 10.8. The lowest BCUT2D eigenvalue weighted by atomic mass is 10.2. The van der Waals surface area contributed by atoms with E-state index in [0.717, 1.165) is 16.9 Å². The van der Waals surface area contributed by atoms with E-state index in [9.17, 15) is 9.59 Å². The maximum atomic E-state index is 12.9. The van der Waals surface area contributed by atoms with Crippen LogP contribution >= 0.6 is 11.3 Å². The van der Waals surface area contributed by atoms with Crippen molar-refractivity contribution < 1.29 is 14.3 Å². The molecular weight excluding hydrogens is 452 g/mol. The molecule has 3 amide bonds. The molecule has 0 saturated carbocycles. The van der Waals surface area contributed by atoms with Crippen LogP contribution in [0.4, 0.5) is 16.2 Å². The van der Waals surface area contributed by atoms with Crippen LogP contribution in [0.1, 0.15) is 21.6 Å². The molecule has 3 rings (SSSR count). The molecule has 3 aromatic rings. The van der Waals surface area contributed by atoms with Gasteiger partial charge in [-0.15, -0.1) is 11.3 Å². The number of nitrogens with one attached hydrogen (secondary N) is 2. The molecule has 34 heavy (non-hydrogen) atoms. The van der Waals surface area contributed by atoms with E-state index in [1.54, 1.807) is 41.1 Å². The van der Waals surface area contributed by atoms with Crippen LogP contribution in [0.15, 0.2) is 53.4 Å². The Hall–Kier alpha value is -3.63. The van der Waals surface area contributed by atoms with Crippen LogP contribution in [0.5, 0.6) is 5.75 Å². The lowest BCUT2D eigenvalue weighted by Gasteiger charge is -2.25. The molecule has 2 aromatic heterocycles. The van der Waals surface area contributed by atoms with Crippen molar-refractivity contribution in [2.45, 2.75) is 13.1 Å². The van der Waals surface area contributed by atoms with Gasteiger partial charge in [-0.3, -0.25) is 9.78 Å². The first-order chi connectivity index (χ1) is 16.4. The fourth-order valence-electron chi connectivity index (χ4n) is 3.07. The minimum absolute atomic E-state index is 0.174. The van der Waals surface area contributed by atoms with E-state index >= 15 is 0 Å². The number of benzene rings is 1. The number of carbonyl (C=O) groups excluding carboxylic acids is 2. The second-order valence-electron chi connectivity index (χ2n) is 7.98. The molecule has 0 bridgehead atoms. The molecule has 1 aromatic carbocycles. The molecule has 0 aliphatic heterocycles. The Morgan fingerprint density at radius 3 is 2.38 bits per heavy atom. The van der Waals surface area contributed by atoms with Gasteiger partial charge in [0.2, 0.25) is 0 Å². The topological polar surface area (TPSA) is 113 Å². The summed E-state index contributed by atoms with van der Waals surface area (Å²) in [6.07, 6.45) is 1.62. The maximum absolute atomic E-state index is 12.9. The molecule has 180 valence electrons. The van der Waals surface area contributed by atoms with E-state index in [-0.39, 0.29) is 17.6 Å². The molecule has 0 saturated heterocycles. The number of methoxy groups -OCH3 is 1. The van der Waals surface area contributed by atoms with E-state index < -0.39 is 0 Å². The van der Waals surface area contributed by atoms with Gasteiger partial charge in [0.15, 0.2) is 0 Å². The Balaban J connectivity index is 1.61. The number of rotatable bonds is 10. The number of nitrogens with two attached hydrogens (primary N) is 1. The van der Waals surface area contributed by atoms with E-state index in [0.29, 0.717) is 37.6 Å². The summed E-state index contributed by atoms with van der Waals surface area (Å²) in [5.74, 6) is 0.435. The number of anilines is 2. The Kier molecular flexibility index (Phi) is 8.83. The zero-order valence-electron chi connectivity index (χ0n) is 19.6. The van der Waals surface area contributed by atoms with Crippen LogP contribution in [-0.4, -0.2) is 61.0 Å². The summed E-state index contributed by atoms with van der Waals surface area (Å²) < 4.78 is 5.17. The molecule has 0 aliphatic carbocycles. The fraction of sp³-hybridized carbons (Fsp3) is 0.292. The van der Waals surface area contributed by atoms with Gasteiger partial charge in [0, 0.05) is 43.1 Å². The molecule has 0 atom stereocenters. The van der Waals surface area contributed by atoms with Crippen molar-refractivity contribution in [1.82, 2.24) is 20.1 Å². The number of nitrogens with zero attached hydrogens (tertiary/aromatic N) is 3. The molecule has 0 radical (unpaired) electrons. The molecule has 0 unspecified atom stereocenters. The van der Waals surface area contributed by atoms with Gasteiger partial charge in [0.05, 0.1) is 18.5 Å². The number of hydrogen-bond acceptors (Lipinski definition) is 7. The molecule has 4 N–H and O–H groups in total. The van der Waals surface area contributed by atoms with Crippen molar-refractivity contribution in [2.24, 2.45) is 0 Å². The van der Waals surface area contributed by atoms with Gasteiger partial charge in [-0.2, -0.15) is 0 Å². The number of amides is 3. The first-order valence-electron chi connectivity index (χ1n) is 10.7. The summed E-state index contributed by atoms with van der Waals surface area (Å²) in [6.45, 7) is 2.03. The highest BCUT2D eigenvalue weighted by Crippen LogP contribution is 2.23. The van der Waals surface area contributed by atoms with E-state index in [2.05, 4.69) is 15.6 Å². The second kappa shape index (κ2) is 12.0. The summed E-state index contributed by atoms with van der Waals surface area (Å²) in [5, 5.41) is 9.26. The van der Waals surface area contributed by atoms with E-state index in [1.807, 2.05) is 43.3 Å². The van der Waals surface area contributed by atoms with Gasteiger partial charge in [-0.1, -0.05) is 18.2 Å². The molecule has 9 nitrogen and oxygen atoms in total. The maximum Gasteiger partial charge on any atom is 0.318 e. The van der Waals surface area contributed by atoms with Gasteiger partial charge in [-0.25, -0.2) is 4.79 Å². The van der Waals surface area contributed by atoms with Crippen molar-refractivity contribution >= 4 is 34.6 Å². The molecule has 0 fully saturated rings. The normalized spacial score (nSPS) is 10.7. The van der Waals surface area contributed by atoms with Crippen LogP contribution in [0.2, 0.25) is 0 Å². The Morgan fingerprint density at radius 2 is 1.79 bits per heavy atom. The van der Waals surface area contributed by atoms with Crippen LogP contribution < -0.4 is 21.1 Å². The van der Waals surface area contributed by atoms with Crippen molar-refractivity contribution in [3.63, 3.8) is 0 Å². The summed E-state index contributed by atoms with van der Waals surface area (Å²) in [7, 11) is 5.54. The molecule has 2 heterocycles. The number of pyridine rings is 1. The fourth-order valence-corrected chi connectivity index (χ4v) is 3.75. The van der Waals surface area contributed by atoms with Gasteiger partial charge < -0.3 is 30.9 Å². The van der Waals surface area contributed by atoms with Crippen molar-refractivity contribution in [3.8, 4) is 5.75 Å². The average Bonchev–Trinajstić information content (AvgIpc) is 3.24. The van der Waals surface area contributed by atoms with Crippen LogP contribution in [0.25, 0.3) is 0 Å². The van der Waals surface area contributed by atoms with Crippen molar-refractivity contribution in [1.29, 1.82) is 0 Å². The van der Waals surface area contributed by atoms with Crippen molar-refractivity contribution in [2.75, 3.05) is 45.3 Å². The third-order valence-corrected chi connectivity index (χ3v) is 5.84. The number of ether oxygens (including phenoxy) is 1. The standard InChI is InChI=1S/C24H30N6O3S/c1-29(2)10-11-30(24(32)27-12-17-4-7-19(33-3)8-5-17)14-18-6-9-21(26-13-18)23(31)28-22-16-34-15-20(22)25/h4-9,13,15-16H,10-12,14,25H2,1-3H3,(H,27,32)(H,28,31). The monoisotopic (exact) mass is 482 g/mol. The van der Waals surface area contributed by atoms with Gasteiger partial charge in [-0.05, 0) is 43.4 Å². The Bertz CT molecular complexity index is 1080. The van der Waals surface area contributed by atoms with Crippen LogP contribution in [-0.2, 0) is 13.1 Å². The van der Waals surface area contributed by atoms with Gasteiger partial charge in [0.1, 0.15) is 11.4 Å². The zero-order chi connectivity index (χ0) is 24.5. The highest BCUT2D eigenvalue weighted by molar-refractivity contribution is 7.09. The third kappa shape index (κ3) is 7.19. The largest absolute Gasteiger partial charge is 0.497 e. The molecule has 0 spiro atoms. The predicted molar refractivity (Wildman–Crippen MR) is 135 cm³/mol. The summed E-state index contributed by atoms with van der Waals surface area (Å²) >= 11 is 1.41. The molecule has 0 aliphatic rings. The summed E-state index contributed by atoms with van der Waals surface area (Å²) in [5.41, 5.74) is 8.99. The average molecular weight is 483 g/mol. The Labute approximate surface area is 203 Å². The SMILES string of the molecule is COc1ccc(CNC(=O)N(CCN(C)C)Cc2ccc(C(=O)Nc3cscc3N)nc2)cc1. The smallest absolute Gasteiger partial charge is 0.318 e. The van der Waals surface area contributed by atoms with Gasteiger partial charge in [0.25, 0.3) is 5.91 Å². The Morgan fingerprint density at radius 1 is 1.06 bits per heavy atom. The molecule has 10 heteroatoms. The van der Waals surface area contributed by atoms with E-state index in [1.165, 1.54) is 11.3 Å². The second-order valence-corrected chi connectivity index (χ2v) is 8.72. The lowest BCUT2D eigenvalue weighted by Crippen LogP contribution is -2.42.